The Morgan fingerprint density at radius 3 is 1.37 bits per heavy atom. The molecule has 0 aromatic heterocycles. The zero-order valence-corrected chi connectivity index (χ0v) is 29.0. The van der Waals surface area contributed by atoms with Crippen LogP contribution in [0.4, 0.5) is 0 Å². The smallest absolute Gasteiger partial charge is 0.220 e. The van der Waals surface area contributed by atoms with Gasteiger partial charge in [0.25, 0.3) is 0 Å². The van der Waals surface area contributed by atoms with Crippen LogP contribution >= 0.6 is 0 Å². The summed E-state index contributed by atoms with van der Waals surface area (Å²) in [5.74, 6) is -0.0761. The van der Waals surface area contributed by atoms with Crippen molar-refractivity contribution in [2.24, 2.45) is 0 Å². The molecule has 0 aliphatic carbocycles. The summed E-state index contributed by atoms with van der Waals surface area (Å²) in [7, 11) is 0. The normalized spacial score (nSPS) is 13.3. The lowest BCUT2D eigenvalue weighted by Crippen LogP contribution is -2.45. The summed E-state index contributed by atoms with van der Waals surface area (Å²) in [6, 6.07) is -0.622. The van der Waals surface area contributed by atoms with Crippen molar-refractivity contribution in [1.82, 2.24) is 5.32 Å². The maximum Gasteiger partial charge on any atom is 0.220 e. The second-order valence-corrected chi connectivity index (χ2v) is 13.0. The molecule has 0 radical (unpaired) electrons. The summed E-state index contributed by atoms with van der Waals surface area (Å²) in [4.78, 5) is 12.3. The highest BCUT2D eigenvalue weighted by molar-refractivity contribution is 5.76. The number of carbonyl (C=O) groups is 1. The Labute approximate surface area is 269 Å². The number of amides is 1. The summed E-state index contributed by atoms with van der Waals surface area (Å²) in [6.45, 7) is 4.24. The van der Waals surface area contributed by atoms with Gasteiger partial charge in [0.15, 0.2) is 0 Å². The average Bonchev–Trinajstić information content (AvgIpc) is 3.01. The highest BCUT2D eigenvalue weighted by atomic mass is 16.3. The number of nitrogens with one attached hydrogen (secondary N) is 1. The van der Waals surface area contributed by atoms with Crippen LogP contribution in [0.15, 0.2) is 24.3 Å². The van der Waals surface area contributed by atoms with Crippen LogP contribution in [0.5, 0.6) is 0 Å². The highest BCUT2D eigenvalue weighted by Crippen LogP contribution is 2.15. The Balaban J connectivity index is 3.55. The topological polar surface area (TPSA) is 69.6 Å². The molecule has 0 heterocycles. The molecule has 0 aromatic rings. The average molecular weight is 606 g/mol. The van der Waals surface area contributed by atoms with Gasteiger partial charge in [-0.2, -0.15) is 0 Å². The number of rotatable bonds is 34. The van der Waals surface area contributed by atoms with E-state index >= 15 is 0 Å². The van der Waals surface area contributed by atoms with Crippen LogP contribution in [0.25, 0.3) is 0 Å². The Bertz CT molecular complexity index is 618. The van der Waals surface area contributed by atoms with E-state index in [1.54, 1.807) is 6.08 Å². The minimum atomic E-state index is -0.838. The van der Waals surface area contributed by atoms with Crippen LogP contribution in [-0.4, -0.2) is 34.9 Å². The first-order valence-electron chi connectivity index (χ1n) is 19.1. The van der Waals surface area contributed by atoms with Gasteiger partial charge < -0.3 is 15.5 Å². The molecule has 3 N–H and O–H groups in total. The van der Waals surface area contributed by atoms with Crippen molar-refractivity contribution in [1.29, 1.82) is 0 Å². The van der Waals surface area contributed by atoms with Crippen molar-refractivity contribution < 1.29 is 15.0 Å². The van der Waals surface area contributed by atoms with Gasteiger partial charge in [-0.3, -0.25) is 4.79 Å². The Hall–Kier alpha value is -1.13. The van der Waals surface area contributed by atoms with Crippen molar-refractivity contribution in [2.75, 3.05) is 6.61 Å². The molecule has 43 heavy (non-hydrogen) atoms. The van der Waals surface area contributed by atoms with Crippen LogP contribution in [0.3, 0.4) is 0 Å². The van der Waals surface area contributed by atoms with E-state index in [2.05, 4.69) is 31.3 Å². The molecule has 4 heteroatoms. The molecule has 0 spiro atoms. The lowest BCUT2D eigenvalue weighted by Gasteiger charge is -2.20. The van der Waals surface area contributed by atoms with E-state index in [1.807, 2.05) is 6.08 Å². The quantitative estimate of drug-likeness (QED) is 0.0505. The number of allylic oxidation sites excluding steroid dienone is 3. The van der Waals surface area contributed by atoms with Gasteiger partial charge >= 0.3 is 0 Å². The molecule has 0 fully saturated rings. The minimum Gasteiger partial charge on any atom is -0.394 e. The zero-order chi connectivity index (χ0) is 31.5. The number of aliphatic hydroxyl groups excluding tert-OH is 2. The molecule has 0 rings (SSSR count). The maximum atomic E-state index is 12.3. The summed E-state index contributed by atoms with van der Waals surface area (Å²) >= 11 is 0. The van der Waals surface area contributed by atoms with Crippen LogP contribution in [0, 0.1) is 0 Å². The maximum absolute atomic E-state index is 12.3. The first-order valence-corrected chi connectivity index (χ1v) is 19.1. The van der Waals surface area contributed by atoms with Gasteiger partial charge in [-0.25, -0.2) is 0 Å². The molecule has 0 aliphatic heterocycles. The third kappa shape index (κ3) is 32.1. The Morgan fingerprint density at radius 1 is 0.535 bits per heavy atom. The van der Waals surface area contributed by atoms with E-state index in [9.17, 15) is 15.0 Å². The molecule has 0 saturated heterocycles. The van der Waals surface area contributed by atoms with Crippen molar-refractivity contribution >= 4 is 5.91 Å². The van der Waals surface area contributed by atoms with Crippen LogP contribution < -0.4 is 5.32 Å². The van der Waals surface area contributed by atoms with Crippen molar-refractivity contribution in [3.8, 4) is 0 Å². The lowest BCUT2D eigenvalue weighted by atomic mass is 10.0. The van der Waals surface area contributed by atoms with Gasteiger partial charge in [-0.05, 0) is 38.5 Å². The molecule has 254 valence electrons. The van der Waals surface area contributed by atoms with Gasteiger partial charge in [-0.1, -0.05) is 179 Å². The second kappa shape index (κ2) is 35.4. The molecule has 1 amide bonds. The number of aliphatic hydroxyl groups is 2. The largest absolute Gasteiger partial charge is 0.394 e. The van der Waals surface area contributed by atoms with Crippen LogP contribution in [-0.2, 0) is 4.79 Å². The molecule has 0 aromatic carbocycles. The molecule has 2 atom stereocenters. The van der Waals surface area contributed by atoms with Gasteiger partial charge in [0.2, 0.25) is 5.91 Å². The van der Waals surface area contributed by atoms with E-state index in [-0.39, 0.29) is 12.5 Å². The van der Waals surface area contributed by atoms with Crippen molar-refractivity contribution in [3.63, 3.8) is 0 Å². The van der Waals surface area contributed by atoms with E-state index in [1.165, 1.54) is 141 Å². The zero-order valence-electron chi connectivity index (χ0n) is 29.0. The third-order valence-electron chi connectivity index (χ3n) is 8.66. The third-order valence-corrected chi connectivity index (χ3v) is 8.66. The van der Waals surface area contributed by atoms with Gasteiger partial charge in [0.1, 0.15) is 0 Å². The lowest BCUT2D eigenvalue weighted by molar-refractivity contribution is -0.123. The summed E-state index contributed by atoms with van der Waals surface area (Å²) in [6.07, 6.45) is 44.2. The summed E-state index contributed by atoms with van der Waals surface area (Å²) < 4.78 is 0. The van der Waals surface area contributed by atoms with E-state index in [4.69, 9.17) is 0 Å². The van der Waals surface area contributed by atoms with E-state index in [0.29, 0.717) is 6.42 Å². The number of carbonyl (C=O) groups excluding carboxylic acids is 1. The van der Waals surface area contributed by atoms with Gasteiger partial charge in [-0.15, -0.1) is 0 Å². The molecular weight excluding hydrogens is 530 g/mol. The molecule has 0 aliphatic rings. The van der Waals surface area contributed by atoms with E-state index < -0.39 is 12.1 Å². The second-order valence-electron chi connectivity index (χ2n) is 13.0. The standard InChI is InChI=1S/C39H75NO3/c1-3-5-7-9-11-13-15-16-17-18-19-20-21-22-23-24-25-26-28-30-32-34-38(42)37(36-41)40-39(43)35-33-31-29-27-14-12-10-8-6-4-2/h8,10,32,34,37-38,41-42H,3-7,9,11-31,33,35-36H2,1-2H3,(H,40,43)/b10-8-,34-32+. The van der Waals surface area contributed by atoms with E-state index in [0.717, 1.165) is 38.5 Å². The highest BCUT2D eigenvalue weighted by Gasteiger charge is 2.17. The minimum absolute atomic E-state index is 0.0761. The monoisotopic (exact) mass is 606 g/mol. The first kappa shape index (κ1) is 41.9. The number of hydrogen-bond acceptors (Lipinski definition) is 3. The summed E-state index contributed by atoms with van der Waals surface area (Å²) in [5, 5.41) is 22.9. The van der Waals surface area contributed by atoms with Gasteiger partial charge in [0.05, 0.1) is 18.8 Å². The van der Waals surface area contributed by atoms with Crippen LogP contribution in [0.1, 0.15) is 200 Å². The SMILES string of the molecule is CCC/C=C\CCCCCCCC(=O)NC(CO)C(O)/C=C/CCCCCCCCCCCCCCCCCCCCC. The fourth-order valence-corrected chi connectivity index (χ4v) is 5.71. The molecule has 0 bridgehead atoms. The fourth-order valence-electron chi connectivity index (χ4n) is 5.71. The van der Waals surface area contributed by atoms with Gasteiger partial charge in [0, 0.05) is 6.42 Å². The predicted octanol–water partition coefficient (Wildman–Crippen LogP) is 11.3. The fraction of sp³-hybridized carbons (Fsp3) is 0.872. The van der Waals surface area contributed by atoms with Crippen LogP contribution in [0.2, 0.25) is 0 Å². The first-order chi connectivity index (χ1) is 21.2. The Morgan fingerprint density at radius 2 is 0.930 bits per heavy atom. The molecular formula is C39H75NO3. The van der Waals surface area contributed by atoms with Crippen molar-refractivity contribution in [3.05, 3.63) is 24.3 Å². The molecule has 2 unspecified atom stereocenters. The number of hydrogen-bond donors (Lipinski definition) is 3. The molecule has 4 nitrogen and oxygen atoms in total. The summed E-state index contributed by atoms with van der Waals surface area (Å²) in [5.41, 5.74) is 0. The number of unbranched alkanes of at least 4 members (excludes halogenated alkanes) is 25. The predicted molar refractivity (Wildman–Crippen MR) is 189 cm³/mol. The van der Waals surface area contributed by atoms with Crippen molar-refractivity contribution in [2.45, 2.75) is 212 Å². The Kier molecular flexibility index (Phi) is 34.4. The molecule has 0 saturated carbocycles.